The van der Waals surface area contributed by atoms with Crippen LogP contribution in [0, 0.1) is 11.6 Å². The van der Waals surface area contributed by atoms with Gasteiger partial charge in [0.1, 0.15) is 0 Å². The predicted octanol–water partition coefficient (Wildman–Crippen LogP) is 5.95. The predicted molar refractivity (Wildman–Crippen MR) is 119 cm³/mol. The number of thioether (sulfide) groups is 1. The van der Waals surface area contributed by atoms with Crippen LogP contribution in [-0.4, -0.2) is 27.9 Å². The topological polar surface area (TPSA) is 44.1 Å². The molecule has 160 valence electrons. The average Bonchev–Trinajstić information content (AvgIpc) is 3.08. The number of aromatic nitrogens is 2. The molecule has 0 atom stereocenters. The van der Waals surface area contributed by atoms with Gasteiger partial charge in [-0.3, -0.25) is 4.79 Å². The first kappa shape index (κ1) is 21.3. The Hall–Kier alpha value is -2.93. The van der Waals surface area contributed by atoms with E-state index < -0.39 is 11.6 Å². The van der Waals surface area contributed by atoms with Crippen molar-refractivity contribution in [2.75, 3.05) is 12.4 Å². The Labute approximate surface area is 183 Å². The third-order valence-corrected chi connectivity index (χ3v) is 6.09. The minimum atomic E-state index is -0.916. The Morgan fingerprint density at radius 3 is 2.71 bits per heavy atom. The number of carbonyl (C=O) groups excluding carboxylic acids is 1. The molecule has 4 nitrogen and oxygen atoms in total. The molecule has 0 unspecified atom stereocenters. The number of benzene rings is 3. The van der Waals surface area contributed by atoms with E-state index in [9.17, 15) is 13.6 Å². The van der Waals surface area contributed by atoms with Crippen LogP contribution in [0.1, 0.15) is 25.3 Å². The number of hydrogen-bond acceptors (Lipinski definition) is 4. The number of nitrogens with zero attached hydrogens (tertiary/aromatic N) is 2. The van der Waals surface area contributed by atoms with Crippen molar-refractivity contribution in [3.05, 3.63) is 71.8 Å². The van der Waals surface area contributed by atoms with E-state index in [0.717, 1.165) is 22.4 Å². The van der Waals surface area contributed by atoms with Gasteiger partial charge in [0.15, 0.2) is 16.8 Å². The number of esters is 1. The van der Waals surface area contributed by atoms with Gasteiger partial charge in [-0.2, -0.15) is 0 Å². The molecular weight excluding hydrogens is 418 g/mol. The third kappa shape index (κ3) is 4.71. The quantitative estimate of drug-likeness (QED) is 0.193. The van der Waals surface area contributed by atoms with Gasteiger partial charge in [-0.25, -0.2) is 13.8 Å². The second kappa shape index (κ2) is 9.47. The fourth-order valence-corrected chi connectivity index (χ4v) is 4.53. The van der Waals surface area contributed by atoms with Crippen LogP contribution in [0.25, 0.3) is 21.8 Å². The fraction of sp³-hybridized carbons (Fsp3) is 0.250. The van der Waals surface area contributed by atoms with E-state index in [1.165, 1.54) is 17.8 Å². The van der Waals surface area contributed by atoms with Gasteiger partial charge in [-0.1, -0.05) is 54.2 Å². The summed E-state index contributed by atoms with van der Waals surface area (Å²) in [6.45, 7) is 2.62. The molecule has 31 heavy (non-hydrogen) atoms. The van der Waals surface area contributed by atoms with E-state index in [-0.39, 0.29) is 5.97 Å². The molecule has 4 aromatic rings. The summed E-state index contributed by atoms with van der Waals surface area (Å²) in [7, 11) is 0. The third-order valence-electron chi connectivity index (χ3n) is 5.03. The van der Waals surface area contributed by atoms with Gasteiger partial charge in [0.05, 0.1) is 24.2 Å². The number of fused-ring (bicyclic) bond motifs is 2. The van der Waals surface area contributed by atoms with E-state index in [4.69, 9.17) is 4.74 Å². The van der Waals surface area contributed by atoms with Gasteiger partial charge in [-0.05, 0) is 29.7 Å². The summed E-state index contributed by atoms with van der Waals surface area (Å²) in [5.74, 6) is -1.40. The van der Waals surface area contributed by atoms with E-state index >= 15 is 0 Å². The maximum absolute atomic E-state index is 14.0. The first-order valence-corrected chi connectivity index (χ1v) is 11.2. The fourth-order valence-electron chi connectivity index (χ4n) is 3.57. The molecule has 7 heteroatoms. The van der Waals surface area contributed by atoms with Gasteiger partial charge in [0.25, 0.3) is 0 Å². The number of halogens is 2. The van der Waals surface area contributed by atoms with Crippen LogP contribution in [0.3, 0.4) is 0 Å². The highest BCUT2D eigenvalue weighted by Crippen LogP contribution is 2.29. The summed E-state index contributed by atoms with van der Waals surface area (Å²) in [6, 6.07) is 16.5. The molecule has 0 aliphatic carbocycles. The summed E-state index contributed by atoms with van der Waals surface area (Å²) in [4.78, 5) is 16.1. The van der Waals surface area contributed by atoms with Crippen LogP contribution < -0.4 is 0 Å². The van der Waals surface area contributed by atoms with Gasteiger partial charge < -0.3 is 9.30 Å². The van der Waals surface area contributed by atoms with Crippen LogP contribution in [0.2, 0.25) is 0 Å². The Balaban J connectivity index is 1.66. The lowest BCUT2D eigenvalue weighted by Crippen LogP contribution is -2.05. The minimum Gasteiger partial charge on any atom is -0.466 e. The molecule has 0 radical (unpaired) electrons. The molecule has 3 aromatic carbocycles. The molecule has 0 aliphatic heterocycles. The maximum Gasteiger partial charge on any atom is 0.305 e. The second-order valence-corrected chi connectivity index (χ2v) is 8.19. The molecule has 0 saturated carbocycles. The molecule has 0 N–H and O–H groups in total. The molecule has 0 amide bonds. The summed E-state index contributed by atoms with van der Waals surface area (Å²) in [6.07, 6.45) is 0.956. The minimum absolute atomic E-state index is 0.225. The highest BCUT2D eigenvalue weighted by atomic mass is 32.2. The van der Waals surface area contributed by atoms with Crippen LogP contribution in [-0.2, 0) is 16.1 Å². The lowest BCUT2D eigenvalue weighted by Gasteiger charge is -2.12. The van der Waals surface area contributed by atoms with E-state index in [1.54, 1.807) is 6.92 Å². The molecule has 0 fully saturated rings. The van der Waals surface area contributed by atoms with Crippen LogP contribution in [0.5, 0.6) is 0 Å². The Morgan fingerprint density at radius 1 is 1.10 bits per heavy atom. The first-order chi connectivity index (χ1) is 15.1. The van der Waals surface area contributed by atoms with Crippen molar-refractivity contribution in [1.82, 2.24) is 9.55 Å². The van der Waals surface area contributed by atoms with Gasteiger partial charge in [0, 0.05) is 24.3 Å². The summed E-state index contributed by atoms with van der Waals surface area (Å²) in [5.41, 5.74) is 2.02. The smallest absolute Gasteiger partial charge is 0.305 e. The van der Waals surface area contributed by atoms with Crippen molar-refractivity contribution in [2.45, 2.75) is 31.5 Å². The van der Waals surface area contributed by atoms with Crippen molar-refractivity contribution >= 4 is 39.5 Å². The molecule has 0 spiro atoms. The zero-order valence-corrected chi connectivity index (χ0v) is 17.9. The highest BCUT2D eigenvalue weighted by molar-refractivity contribution is 7.99. The Bertz CT molecular complexity index is 1230. The molecule has 1 heterocycles. The number of rotatable bonds is 8. The molecule has 1 aromatic heterocycles. The normalized spacial score (nSPS) is 11.3. The number of hydrogen-bond donors (Lipinski definition) is 0. The van der Waals surface area contributed by atoms with Crippen molar-refractivity contribution in [3.63, 3.8) is 0 Å². The van der Waals surface area contributed by atoms with E-state index in [2.05, 4.69) is 11.1 Å². The van der Waals surface area contributed by atoms with Crippen molar-refractivity contribution in [1.29, 1.82) is 0 Å². The molecule has 0 saturated heterocycles. The zero-order chi connectivity index (χ0) is 21.8. The number of carbonyl (C=O) groups is 1. The number of ether oxygens (including phenoxy) is 1. The lowest BCUT2D eigenvalue weighted by molar-refractivity contribution is -0.143. The van der Waals surface area contributed by atoms with Crippen LogP contribution >= 0.6 is 11.8 Å². The summed E-state index contributed by atoms with van der Waals surface area (Å²) < 4.78 is 34.7. The largest absolute Gasteiger partial charge is 0.466 e. The molecule has 0 aliphatic rings. The van der Waals surface area contributed by atoms with Crippen molar-refractivity contribution in [3.8, 4) is 0 Å². The summed E-state index contributed by atoms with van der Waals surface area (Å²) >= 11 is 1.47. The van der Waals surface area contributed by atoms with Crippen LogP contribution in [0.15, 0.2) is 59.8 Å². The first-order valence-electron chi connectivity index (χ1n) is 10.2. The molecular formula is C24H22F2N2O2S. The Morgan fingerprint density at radius 2 is 1.87 bits per heavy atom. The van der Waals surface area contributed by atoms with E-state index in [1.807, 2.05) is 41.0 Å². The molecule has 0 bridgehead atoms. The van der Waals surface area contributed by atoms with Crippen molar-refractivity contribution < 1.29 is 18.3 Å². The second-order valence-electron chi connectivity index (χ2n) is 7.13. The van der Waals surface area contributed by atoms with Gasteiger partial charge in [-0.15, -0.1) is 0 Å². The monoisotopic (exact) mass is 440 g/mol. The summed E-state index contributed by atoms with van der Waals surface area (Å²) in [5, 5.41) is 2.88. The average molecular weight is 441 g/mol. The maximum atomic E-state index is 14.0. The highest BCUT2D eigenvalue weighted by Gasteiger charge is 2.16. The Kier molecular flexibility index (Phi) is 6.51. The molecule has 4 rings (SSSR count). The SMILES string of the molecule is CCOC(=O)CCCSc1nc2cc(F)c(F)cc2n1Cc1cccc2ccccc12. The van der Waals surface area contributed by atoms with Gasteiger partial charge >= 0.3 is 5.97 Å². The zero-order valence-electron chi connectivity index (χ0n) is 17.1. The van der Waals surface area contributed by atoms with Gasteiger partial charge in [0.2, 0.25) is 0 Å². The standard InChI is InChI=1S/C24H22F2N2O2S/c1-2-30-23(29)11-6-12-31-24-27-21-13-19(25)20(26)14-22(21)28(24)15-17-9-5-8-16-7-3-4-10-18(16)17/h3-5,7-10,13-14H,2,6,11-12,15H2,1H3. The van der Waals surface area contributed by atoms with E-state index in [0.29, 0.717) is 47.9 Å². The number of imidazole rings is 1. The van der Waals surface area contributed by atoms with Crippen molar-refractivity contribution in [2.24, 2.45) is 0 Å². The van der Waals surface area contributed by atoms with Crippen LogP contribution in [0.4, 0.5) is 8.78 Å². The lowest BCUT2D eigenvalue weighted by atomic mass is 10.0.